The fourth-order valence-corrected chi connectivity index (χ4v) is 2.39. The molecule has 116 valence electrons. The lowest BCUT2D eigenvalue weighted by Gasteiger charge is -2.43. The van der Waals surface area contributed by atoms with Crippen LogP contribution in [0.3, 0.4) is 0 Å². The van der Waals surface area contributed by atoms with Crippen molar-refractivity contribution < 1.29 is 23.2 Å². The van der Waals surface area contributed by atoms with Gasteiger partial charge in [0.2, 0.25) is 5.82 Å². The van der Waals surface area contributed by atoms with Crippen LogP contribution in [-0.2, 0) is 4.74 Å². The Morgan fingerprint density at radius 3 is 2.71 bits per heavy atom. The smallest absolute Gasteiger partial charge is 0.307 e. The highest BCUT2D eigenvalue weighted by atomic mass is 19.1. The van der Waals surface area contributed by atoms with Gasteiger partial charge in [0.1, 0.15) is 12.2 Å². The number of nitro benzene ring substituents is 1. The molecule has 1 aromatic carbocycles. The first kappa shape index (κ1) is 15.6. The van der Waals surface area contributed by atoms with Gasteiger partial charge in [0, 0.05) is 25.6 Å². The molecule has 1 aliphatic rings. The first-order valence-corrected chi connectivity index (χ1v) is 6.54. The van der Waals surface area contributed by atoms with E-state index < -0.39 is 28.3 Å². The molecule has 0 spiro atoms. The summed E-state index contributed by atoms with van der Waals surface area (Å²) < 4.78 is 37.9. The van der Waals surface area contributed by atoms with Crippen LogP contribution < -0.4 is 10.1 Å². The van der Waals surface area contributed by atoms with Crippen LogP contribution in [0.25, 0.3) is 0 Å². The van der Waals surface area contributed by atoms with Gasteiger partial charge in [-0.05, 0) is 6.54 Å². The van der Waals surface area contributed by atoms with Gasteiger partial charge in [-0.15, -0.1) is 0 Å². The molecule has 21 heavy (non-hydrogen) atoms. The number of nitro groups is 1. The summed E-state index contributed by atoms with van der Waals surface area (Å²) in [7, 11) is 1.51. The highest BCUT2D eigenvalue weighted by molar-refractivity contribution is 5.39. The van der Waals surface area contributed by atoms with E-state index >= 15 is 0 Å². The van der Waals surface area contributed by atoms with E-state index in [-0.39, 0.29) is 17.9 Å². The number of hydrogen-bond donors (Lipinski definition) is 1. The van der Waals surface area contributed by atoms with Gasteiger partial charge < -0.3 is 14.8 Å². The lowest BCUT2D eigenvalue weighted by atomic mass is 9.85. The first-order chi connectivity index (χ1) is 9.97. The number of likely N-dealkylation sites (N-methyl/N-ethyl adjacent to an activating group) is 1. The third-order valence-corrected chi connectivity index (χ3v) is 3.46. The Hall–Kier alpha value is -1.80. The minimum atomic E-state index is -1.13. The van der Waals surface area contributed by atoms with E-state index in [9.17, 15) is 18.9 Å². The average Bonchev–Trinajstić information content (AvgIpc) is 2.40. The lowest BCUT2D eigenvalue weighted by molar-refractivity contribution is -0.387. The molecule has 0 heterocycles. The van der Waals surface area contributed by atoms with Gasteiger partial charge in [0.05, 0.1) is 11.0 Å². The van der Waals surface area contributed by atoms with E-state index in [2.05, 4.69) is 5.32 Å². The van der Waals surface area contributed by atoms with Crippen LogP contribution in [0.1, 0.15) is 13.3 Å². The van der Waals surface area contributed by atoms with E-state index in [0.717, 1.165) is 6.54 Å². The average molecular weight is 302 g/mol. The van der Waals surface area contributed by atoms with E-state index in [1.165, 1.54) is 7.11 Å². The second-order valence-corrected chi connectivity index (χ2v) is 4.75. The Labute approximate surface area is 120 Å². The number of nitrogens with one attached hydrogen (secondary N) is 1. The molecular formula is C13H16F2N2O4. The predicted octanol–water partition coefficient (Wildman–Crippen LogP) is 2.02. The Kier molecular flexibility index (Phi) is 4.69. The van der Waals surface area contributed by atoms with Gasteiger partial charge in [-0.25, -0.2) is 4.39 Å². The van der Waals surface area contributed by atoms with Gasteiger partial charge in [-0.1, -0.05) is 6.92 Å². The topological polar surface area (TPSA) is 73.6 Å². The molecule has 1 saturated carbocycles. The summed E-state index contributed by atoms with van der Waals surface area (Å²) in [5, 5.41) is 13.7. The highest BCUT2D eigenvalue weighted by Gasteiger charge is 2.43. The van der Waals surface area contributed by atoms with E-state index in [1.807, 2.05) is 6.92 Å². The molecule has 0 bridgehead atoms. The summed E-state index contributed by atoms with van der Waals surface area (Å²) in [4.78, 5) is 9.54. The molecule has 0 saturated heterocycles. The molecule has 8 heteroatoms. The third kappa shape index (κ3) is 3.11. The number of benzene rings is 1. The summed E-state index contributed by atoms with van der Waals surface area (Å²) in [6.07, 6.45) is -0.110. The van der Waals surface area contributed by atoms with Crippen molar-refractivity contribution in [3.05, 3.63) is 33.9 Å². The van der Waals surface area contributed by atoms with Crippen LogP contribution in [0.5, 0.6) is 5.75 Å². The zero-order valence-corrected chi connectivity index (χ0v) is 11.6. The zero-order chi connectivity index (χ0) is 15.6. The van der Waals surface area contributed by atoms with E-state index in [1.54, 1.807) is 0 Å². The normalized spacial score (nSPS) is 24.5. The monoisotopic (exact) mass is 302 g/mol. The molecule has 1 aromatic rings. The number of hydrogen-bond acceptors (Lipinski definition) is 5. The number of methoxy groups -OCH3 is 1. The SMILES string of the molecule is CCNC1CC(Oc2cc(F)c([N+](=O)[O-])cc2F)C1OC. The van der Waals surface area contributed by atoms with Crippen molar-refractivity contribution in [3.63, 3.8) is 0 Å². The Morgan fingerprint density at radius 2 is 2.14 bits per heavy atom. The van der Waals surface area contributed by atoms with Gasteiger partial charge >= 0.3 is 5.69 Å². The molecule has 1 fully saturated rings. The molecule has 1 N–H and O–H groups in total. The molecule has 0 aliphatic heterocycles. The molecule has 3 unspecified atom stereocenters. The van der Waals surface area contributed by atoms with Crippen LogP contribution >= 0.6 is 0 Å². The number of ether oxygens (including phenoxy) is 2. The molecule has 0 radical (unpaired) electrons. The summed E-state index contributed by atoms with van der Waals surface area (Å²) in [5.41, 5.74) is -0.915. The second-order valence-electron chi connectivity index (χ2n) is 4.75. The number of halogens is 2. The molecule has 2 rings (SSSR count). The van der Waals surface area contributed by atoms with Crippen molar-refractivity contribution in [2.75, 3.05) is 13.7 Å². The lowest BCUT2D eigenvalue weighted by Crippen LogP contribution is -2.60. The largest absolute Gasteiger partial charge is 0.484 e. The predicted molar refractivity (Wildman–Crippen MR) is 70.3 cm³/mol. The summed E-state index contributed by atoms with van der Waals surface area (Å²) in [6, 6.07) is 1.31. The molecule has 3 atom stereocenters. The second kappa shape index (κ2) is 6.31. The maximum absolute atomic E-state index is 13.7. The summed E-state index contributed by atoms with van der Waals surface area (Å²) in [5.74, 6) is -2.45. The Bertz CT molecular complexity index is 541. The zero-order valence-electron chi connectivity index (χ0n) is 11.6. The van der Waals surface area contributed by atoms with Gasteiger partial charge in [-0.3, -0.25) is 10.1 Å². The summed E-state index contributed by atoms with van der Waals surface area (Å²) in [6.45, 7) is 2.71. The molecular weight excluding hydrogens is 286 g/mol. The maximum Gasteiger partial charge on any atom is 0.307 e. The van der Waals surface area contributed by atoms with E-state index in [0.29, 0.717) is 18.6 Å². The van der Waals surface area contributed by atoms with Crippen molar-refractivity contribution in [2.45, 2.75) is 31.6 Å². The Morgan fingerprint density at radius 1 is 1.43 bits per heavy atom. The number of nitrogens with zero attached hydrogens (tertiary/aromatic N) is 1. The Balaban J connectivity index is 2.10. The molecule has 0 aromatic heterocycles. The van der Waals surface area contributed by atoms with Crippen molar-refractivity contribution in [1.29, 1.82) is 0 Å². The van der Waals surface area contributed by atoms with Crippen LogP contribution in [0, 0.1) is 21.7 Å². The molecule has 0 amide bonds. The van der Waals surface area contributed by atoms with Crippen molar-refractivity contribution in [1.82, 2.24) is 5.32 Å². The van der Waals surface area contributed by atoms with Crippen molar-refractivity contribution in [2.24, 2.45) is 0 Å². The quantitative estimate of drug-likeness (QED) is 0.643. The fourth-order valence-electron chi connectivity index (χ4n) is 2.39. The van der Waals surface area contributed by atoms with Crippen LogP contribution in [0.2, 0.25) is 0 Å². The minimum absolute atomic E-state index is 0.0935. The number of rotatable bonds is 6. The highest BCUT2D eigenvalue weighted by Crippen LogP contribution is 2.32. The van der Waals surface area contributed by atoms with Crippen molar-refractivity contribution in [3.8, 4) is 5.75 Å². The minimum Gasteiger partial charge on any atom is -0.484 e. The van der Waals surface area contributed by atoms with Crippen LogP contribution in [-0.4, -0.2) is 36.8 Å². The maximum atomic E-state index is 13.7. The van der Waals surface area contributed by atoms with Crippen LogP contribution in [0.4, 0.5) is 14.5 Å². The van der Waals surface area contributed by atoms with E-state index in [4.69, 9.17) is 9.47 Å². The van der Waals surface area contributed by atoms with Crippen molar-refractivity contribution >= 4 is 5.69 Å². The summed E-state index contributed by atoms with van der Waals surface area (Å²) >= 11 is 0. The molecule has 1 aliphatic carbocycles. The van der Waals surface area contributed by atoms with Crippen LogP contribution in [0.15, 0.2) is 12.1 Å². The van der Waals surface area contributed by atoms with Gasteiger partial charge in [-0.2, -0.15) is 4.39 Å². The standard InChI is InChI=1S/C13H16F2N2O4/c1-3-16-9-6-12(13(9)20-2)21-11-5-7(14)10(17(18)19)4-8(11)15/h4-5,9,12-13,16H,3,6H2,1-2H3. The molecule has 6 nitrogen and oxygen atoms in total. The van der Waals surface area contributed by atoms with Gasteiger partial charge in [0.15, 0.2) is 11.6 Å². The van der Waals surface area contributed by atoms with Gasteiger partial charge in [0.25, 0.3) is 0 Å². The third-order valence-electron chi connectivity index (χ3n) is 3.46. The fraction of sp³-hybridized carbons (Fsp3) is 0.538. The first-order valence-electron chi connectivity index (χ1n) is 6.54.